The smallest absolute Gasteiger partial charge is 0.281 e. The van der Waals surface area contributed by atoms with E-state index in [2.05, 4.69) is 0 Å². The summed E-state index contributed by atoms with van der Waals surface area (Å²) in [5.41, 5.74) is 1.53. The first-order valence-electron chi connectivity index (χ1n) is 6.99. The molecule has 1 aromatic carbocycles. The number of nitriles is 1. The van der Waals surface area contributed by atoms with Crippen LogP contribution in [0.15, 0.2) is 29.3 Å². The Hall–Kier alpha value is -2.79. The number of aryl methyl sites for hydroxylation is 1. The number of benzene rings is 1. The molecule has 0 bridgehead atoms. The number of carbonyl (C=O) groups excluding carboxylic acids is 1. The maximum absolute atomic E-state index is 12.5. The summed E-state index contributed by atoms with van der Waals surface area (Å²) in [4.78, 5) is 12.3. The lowest BCUT2D eigenvalue weighted by Gasteiger charge is -2.13. The fourth-order valence-corrected chi connectivity index (χ4v) is 3.63. The van der Waals surface area contributed by atoms with Gasteiger partial charge in [-0.3, -0.25) is 4.79 Å². The van der Waals surface area contributed by atoms with E-state index in [0.717, 1.165) is 0 Å². The summed E-state index contributed by atoms with van der Waals surface area (Å²) < 4.78 is 33.7. The molecule has 0 atom stereocenters. The molecule has 0 aliphatic heterocycles. The minimum Gasteiger partial charge on any atom is -0.496 e. The Labute approximate surface area is 140 Å². The van der Waals surface area contributed by atoms with Gasteiger partial charge < -0.3 is 9.30 Å². The maximum Gasteiger partial charge on any atom is 0.281 e. The molecule has 0 spiro atoms. The fourth-order valence-electron chi connectivity index (χ4n) is 2.36. The lowest BCUT2D eigenvalue weighted by molar-refractivity contribution is 0.0973. The van der Waals surface area contributed by atoms with E-state index < -0.39 is 15.9 Å². The van der Waals surface area contributed by atoms with Gasteiger partial charge in [0.25, 0.3) is 15.9 Å². The average molecular weight is 347 g/mol. The third kappa shape index (κ3) is 3.12. The Bertz CT molecular complexity index is 952. The van der Waals surface area contributed by atoms with Crippen molar-refractivity contribution in [1.29, 1.82) is 5.26 Å². The second kappa shape index (κ2) is 6.37. The quantitative estimate of drug-likeness (QED) is 0.906. The molecule has 0 aliphatic carbocycles. The first-order chi connectivity index (χ1) is 11.2. The van der Waals surface area contributed by atoms with Crippen LogP contribution in [0, 0.1) is 25.2 Å². The van der Waals surface area contributed by atoms with Crippen molar-refractivity contribution in [2.45, 2.75) is 18.7 Å². The summed E-state index contributed by atoms with van der Waals surface area (Å²) in [5, 5.41) is 8.86. The second-order valence-corrected chi connectivity index (χ2v) is 6.94. The van der Waals surface area contributed by atoms with E-state index in [1.807, 2.05) is 10.8 Å². The third-order valence-electron chi connectivity index (χ3n) is 3.79. The molecule has 0 unspecified atom stereocenters. The number of sulfonamides is 1. The molecule has 2 aromatic rings. The van der Waals surface area contributed by atoms with Crippen LogP contribution in [0.1, 0.15) is 27.2 Å². The standard InChI is InChI=1S/C16H17N3O4S/c1-10-11(2)15(6-5-14(10)23-4)24(21,22)18-16(20)13-7-12(8-17)9-19(13)3/h5-7,9H,1-4H3,(H,18,20). The number of hydrogen-bond acceptors (Lipinski definition) is 5. The SMILES string of the molecule is COc1ccc(S(=O)(=O)NC(=O)c2cc(C#N)cn2C)c(C)c1C. The van der Waals surface area contributed by atoms with Crippen LogP contribution in [0.5, 0.6) is 5.75 Å². The zero-order chi connectivity index (χ0) is 18.1. The van der Waals surface area contributed by atoms with E-state index in [1.165, 1.54) is 36.1 Å². The van der Waals surface area contributed by atoms with Crippen molar-refractivity contribution < 1.29 is 17.9 Å². The van der Waals surface area contributed by atoms with Gasteiger partial charge >= 0.3 is 0 Å². The molecule has 126 valence electrons. The largest absolute Gasteiger partial charge is 0.496 e. The number of carbonyl (C=O) groups is 1. The van der Waals surface area contributed by atoms with Gasteiger partial charge in [-0.2, -0.15) is 5.26 Å². The van der Waals surface area contributed by atoms with Crippen molar-refractivity contribution >= 4 is 15.9 Å². The van der Waals surface area contributed by atoms with Crippen molar-refractivity contribution in [2.24, 2.45) is 7.05 Å². The third-order valence-corrected chi connectivity index (χ3v) is 5.27. The molecule has 2 rings (SSSR count). The van der Waals surface area contributed by atoms with E-state index in [-0.39, 0.29) is 16.2 Å². The molecule has 0 fully saturated rings. The van der Waals surface area contributed by atoms with Gasteiger partial charge in [0.05, 0.1) is 17.6 Å². The molecule has 1 N–H and O–H groups in total. The molecule has 0 saturated heterocycles. The highest BCUT2D eigenvalue weighted by atomic mass is 32.2. The monoisotopic (exact) mass is 347 g/mol. The van der Waals surface area contributed by atoms with Crippen LogP contribution in [0.3, 0.4) is 0 Å². The second-order valence-electron chi connectivity index (χ2n) is 5.29. The summed E-state index contributed by atoms with van der Waals surface area (Å²) in [6, 6.07) is 6.16. The zero-order valence-corrected chi connectivity index (χ0v) is 14.6. The van der Waals surface area contributed by atoms with E-state index in [9.17, 15) is 13.2 Å². The summed E-state index contributed by atoms with van der Waals surface area (Å²) in [7, 11) is -0.991. The van der Waals surface area contributed by atoms with Gasteiger partial charge in [-0.15, -0.1) is 0 Å². The highest BCUT2D eigenvalue weighted by Gasteiger charge is 2.24. The molecular weight excluding hydrogens is 330 g/mol. The van der Waals surface area contributed by atoms with Crippen LogP contribution in [-0.2, 0) is 17.1 Å². The molecule has 0 aliphatic rings. The molecule has 0 saturated carbocycles. The molecule has 1 heterocycles. The first kappa shape index (κ1) is 17.6. The summed E-state index contributed by atoms with van der Waals surface area (Å²) in [6.07, 6.45) is 1.45. The average Bonchev–Trinajstić information content (AvgIpc) is 2.90. The number of aromatic nitrogens is 1. The van der Waals surface area contributed by atoms with Crippen LogP contribution in [0.2, 0.25) is 0 Å². The number of methoxy groups -OCH3 is 1. The van der Waals surface area contributed by atoms with Gasteiger partial charge in [-0.05, 0) is 43.2 Å². The Morgan fingerprint density at radius 3 is 2.50 bits per heavy atom. The lowest BCUT2D eigenvalue weighted by atomic mass is 10.1. The van der Waals surface area contributed by atoms with Gasteiger partial charge in [0.2, 0.25) is 0 Å². The van der Waals surface area contributed by atoms with Gasteiger partial charge in [-0.25, -0.2) is 13.1 Å². The van der Waals surface area contributed by atoms with Gasteiger partial charge in [0.1, 0.15) is 17.5 Å². The van der Waals surface area contributed by atoms with Gasteiger partial charge in [0.15, 0.2) is 0 Å². The fraction of sp³-hybridized carbons (Fsp3) is 0.250. The topological polar surface area (TPSA) is 101 Å². The van der Waals surface area contributed by atoms with E-state index in [1.54, 1.807) is 20.9 Å². The number of nitrogens with zero attached hydrogens (tertiary/aromatic N) is 2. The van der Waals surface area contributed by atoms with Gasteiger partial charge in [-0.1, -0.05) is 0 Å². The number of rotatable bonds is 4. The van der Waals surface area contributed by atoms with Crippen LogP contribution < -0.4 is 9.46 Å². The normalized spacial score (nSPS) is 11.0. The Morgan fingerprint density at radius 2 is 1.96 bits per heavy atom. The van der Waals surface area contributed by atoms with Crippen LogP contribution in [-0.4, -0.2) is 26.0 Å². The maximum atomic E-state index is 12.5. The van der Waals surface area contributed by atoms with E-state index in [0.29, 0.717) is 16.9 Å². The van der Waals surface area contributed by atoms with Crippen molar-refractivity contribution in [2.75, 3.05) is 7.11 Å². The highest BCUT2D eigenvalue weighted by molar-refractivity contribution is 7.90. The lowest BCUT2D eigenvalue weighted by Crippen LogP contribution is -2.32. The number of ether oxygens (including phenoxy) is 1. The summed E-state index contributed by atoms with van der Waals surface area (Å²) >= 11 is 0. The predicted octanol–water partition coefficient (Wildman–Crippen LogP) is 1.64. The Kier molecular flexibility index (Phi) is 4.66. The summed E-state index contributed by atoms with van der Waals surface area (Å²) in [5.74, 6) is -0.231. The first-order valence-corrected chi connectivity index (χ1v) is 8.47. The zero-order valence-electron chi connectivity index (χ0n) is 13.7. The van der Waals surface area contributed by atoms with E-state index in [4.69, 9.17) is 10.00 Å². The molecule has 1 amide bonds. The van der Waals surface area contributed by atoms with Crippen molar-refractivity contribution in [1.82, 2.24) is 9.29 Å². The van der Waals surface area contributed by atoms with Crippen molar-refractivity contribution in [3.63, 3.8) is 0 Å². The number of amides is 1. The molecule has 7 nitrogen and oxygen atoms in total. The Balaban J connectivity index is 2.38. The van der Waals surface area contributed by atoms with Crippen molar-refractivity contribution in [3.8, 4) is 11.8 Å². The minimum absolute atomic E-state index is 0.00358. The van der Waals surface area contributed by atoms with Crippen LogP contribution >= 0.6 is 0 Å². The van der Waals surface area contributed by atoms with Crippen LogP contribution in [0.4, 0.5) is 0 Å². The molecular formula is C16H17N3O4S. The highest BCUT2D eigenvalue weighted by Crippen LogP contribution is 2.26. The molecule has 0 radical (unpaired) electrons. The minimum atomic E-state index is -4.05. The predicted molar refractivity (Wildman–Crippen MR) is 87.2 cm³/mol. The molecule has 1 aromatic heterocycles. The summed E-state index contributed by atoms with van der Waals surface area (Å²) in [6.45, 7) is 3.39. The van der Waals surface area contributed by atoms with Crippen molar-refractivity contribution in [3.05, 3.63) is 46.8 Å². The van der Waals surface area contributed by atoms with Crippen LogP contribution in [0.25, 0.3) is 0 Å². The molecule has 24 heavy (non-hydrogen) atoms. The number of hydrogen-bond donors (Lipinski definition) is 1. The number of nitrogens with one attached hydrogen (secondary N) is 1. The molecule has 8 heteroatoms. The van der Waals surface area contributed by atoms with E-state index >= 15 is 0 Å². The van der Waals surface area contributed by atoms with Gasteiger partial charge in [0, 0.05) is 13.2 Å². The Morgan fingerprint density at radius 1 is 1.29 bits per heavy atom.